The maximum absolute atomic E-state index is 12.5. The van der Waals surface area contributed by atoms with Crippen LogP contribution in [0.4, 0.5) is 5.69 Å². The first-order valence-corrected chi connectivity index (χ1v) is 6.47. The van der Waals surface area contributed by atoms with Crippen LogP contribution in [-0.2, 0) is 4.79 Å². The van der Waals surface area contributed by atoms with Crippen LogP contribution in [0.15, 0.2) is 58.8 Å². The summed E-state index contributed by atoms with van der Waals surface area (Å²) < 4.78 is 4.94. The first-order chi connectivity index (χ1) is 10.1. The third-order valence-electron chi connectivity index (χ3n) is 3.16. The van der Waals surface area contributed by atoms with E-state index in [4.69, 9.17) is 4.74 Å². The highest BCUT2D eigenvalue weighted by Gasteiger charge is 2.27. The van der Waals surface area contributed by atoms with Crippen molar-refractivity contribution in [2.75, 3.05) is 0 Å². The normalized spacial score (nSPS) is 15.6. The second-order valence-electron chi connectivity index (χ2n) is 4.66. The number of nitrogens with zero attached hydrogens (tertiary/aromatic N) is 2. The van der Waals surface area contributed by atoms with E-state index in [9.17, 15) is 9.59 Å². The first kappa shape index (κ1) is 13.2. The van der Waals surface area contributed by atoms with Crippen molar-refractivity contribution in [2.45, 2.75) is 13.0 Å². The number of fused-ring (bicyclic) bond motifs is 1. The molecule has 1 aliphatic heterocycles. The molecule has 0 N–H and O–H groups in total. The van der Waals surface area contributed by atoms with Crippen LogP contribution in [-0.4, -0.2) is 11.8 Å². The molecule has 0 spiro atoms. The van der Waals surface area contributed by atoms with Gasteiger partial charge in [-0.25, -0.2) is 0 Å². The fraction of sp³-hybridized carbons (Fsp3) is 0.125. The first-order valence-electron chi connectivity index (χ1n) is 6.47. The fourth-order valence-electron chi connectivity index (χ4n) is 2.20. The summed E-state index contributed by atoms with van der Waals surface area (Å²) in [7, 11) is 0. The standard InChI is InChI=1S/C16H12N2O3/c1-10(19)21-12-8-6-11(7-9-12)16(20)15-13-4-2-3-5-14(13)17-18-15/h2-9,15H,1H3. The third kappa shape index (κ3) is 2.58. The molecule has 1 atom stereocenters. The second-order valence-corrected chi connectivity index (χ2v) is 4.66. The maximum Gasteiger partial charge on any atom is 0.308 e. The average molecular weight is 280 g/mol. The molecule has 0 aromatic heterocycles. The van der Waals surface area contributed by atoms with Crippen molar-refractivity contribution in [2.24, 2.45) is 10.2 Å². The molecular weight excluding hydrogens is 268 g/mol. The predicted octanol–water partition coefficient (Wildman–Crippen LogP) is 3.63. The van der Waals surface area contributed by atoms with E-state index in [2.05, 4.69) is 10.2 Å². The van der Waals surface area contributed by atoms with Crippen LogP contribution in [0.3, 0.4) is 0 Å². The van der Waals surface area contributed by atoms with Crippen LogP contribution in [0.25, 0.3) is 0 Å². The molecular formula is C16H12N2O3. The minimum atomic E-state index is -0.597. The summed E-state index contributed by atoms with van der Waals surface area (Å²) in [4.78, 5) is 23.3. The van der Waals surface area contributed by atoms with Gasteiger partial charge in [-0.1, -0.05) is 18.2 Å². The Morgan fingerprint density at radius 2 is 1.76 bits per heavy atom. The fourth-order valence-corrected chi connectivity index (χ4v) is 2.20. The smallest absolute Gasteiger partial charge is 0.308 e. The molecule has 1 heterocycles. The number of ether oxygens (including phenoxy) is 1. The number of rotatable bonds is 3. The minimum absolute atomic E-state index is 0.127. The Hall–Kier alpha value is -2.82. The highest BCUT2D eigenvalue weighted by Crippen LogP contribution is 2.37. The van der Waals surface area contributed by atoms with Crippen LogP contribution in [0.1, 0.15) is 28.9 Å². The van der Waals surface area contributed by atoms with Gasteiger partial charge in [0, 0.05) is 18.1 Å². The van der Waals surface area contributed by atoms with Crippen molar-refractivity contribution in [3.63, 3.8) is 0 Å². The number of ketones is 1. The van der Waals surface area contributed by atoms with Gasteiger partial charge in [0.25, 0.3) is 0 Å². The van der Waals surface area contributed by atoms with Gasteiger partial charge < -0.3 is 4.74 Å². The molecule has 0 bridgehead atoms. The highest BCUT2D eigenvalue weighted by molar-refractivity contribution is 6.02. The quantitative estimate of drug-likeness (QED) is 0.489. The Bertz CT molecular complexity index is 735. The number of esters is 1. The zero-order valence-corrected chi connectivity index (χ0v) is 11.3. The zero-order valence-electron chi connectivity index (χ0n) is 11.3. The molecule has 0 fully saturated rings. The van der Waals surface area contributed by atoms with E-state index in [1.807, 2.05) is 24.3 Å². The second kappa shape index (κ2) is 5.28. The van der Waals surface area contributed by atoms with Gasteiger partial charge >= 0.3 is 5.97 Å². The van der Waals surface area contributed by atoms with Crippen LogP contribution in [0, 0.1) is 0 Å². The van der Waals surface area contributed by atoms with E-state index >= 15 is 0 Å². The largest absolute Gasteiger partial charge is 0.427 e. The lowest BCUT2D eigenvalue weighted by Crippen LogP contribution is -2.09. The number of hydrogen-bond acceptors (Lipinski definition) is 5. The van der Waals surface area contributed by atoms with Gasteiger partial charge in [-0.2, -0.15) is 10.2 Å². The predicted molar refractivity (Wildman–Crippen MR) is 75.8 cm³/mol. The van der Waals surface area contributed by atoms with Gasteiger partial charge in [-0.3, -0.25) is 9.59 Å². The Labute approximate surface area is 121 Å². The lowest BCUT2D eigenvalue weighted by atomic mass is 9.98. The van der Waals surface area contributed by atoms with Crippen molar-refractivity contribution >= 4 is 17.4 Å². The van der Waals surface area contributed by atoms with Gasteiger partial charge in [0.05, 0.1) is 5.69 Å². The van der Waals surface area contributed by atoms with Crippen molar-refractivity contribution in [3.05, 3.63) is 59.7 Å². The summed E-state index contributed by atoms with van der Waals surface area (Å²) in [6.45, 7) is 1.33. The SMILES string of the molecule is CC(=O)Oc1ccc(C(=O)C2N=Nc3ccccc32)cc1. The Kier molecular flexibility index (Phi) is 3.31. The van der Waals surface area contributed by atoms with E-state index in [0.29, 0.717) is 11.3 Å². The molecule has 2 aromatic rings. The molecule has 2 aromatic carbocycles. The monoisotopic (exact) mass is 280 g/mol. The molecule has 5 nitrogen and oxygen atoms in total. The van der Waals surface area contributed by atoms with Gasteiger partial charge in [0.15, 0.2) is 11.8 Å². The van der Waals surface area contributed by atoms with Crippen LogP contribution >= 0.6 is 0 Å². The molecule has 0 aliphatic carbocycles. The summed E-state index contributed by atoms with van der Waals surface area (Å²) >= 11 is 0. The van der Waals surface area contributed by atoms with E-state index in [1.54, 1.807) is 24.3 Å². The van der Waals surface area contributed by atoms with Crippen molar-refractivity contribution in [1.29, 1.82) is 0 Å². The van der Waals surface area contributed by atoms with Crippen LogP contribution in [0.2, 0.25) is 0 Å². The average Bonchev–Trinajstić information content (AvgIpc) is 2.90. The number of carbonyl (C=O) groups is 2. The van der Waals surface area contributed by atoms with Crippen molar-refractivity contribution < 1.29 is 14.3 Å². The topological polar surface area (TPSA) is 68.1 Å². The molecule has 1 unspecified atom stereocenters. The molecule has 21 heavy (non-hydrogen) atoms. The van der Waals surface area contributed by atoms with E-state index in [-0.39, 0.29) is 5.78 Å². The number of Topliss-reactive ketones (excluding diaryl/α,β-unsaturated/α-hetero) is 1. The molecule has 0 saturated heterocycles. The van der Waals surface area contributed by atoms with Crippen LogP contribution < -0.4 is 4.74 Å². The van der Waals surface area contributed by atoms with Crippen molar-refractivity contribution in [1.82, 2.24) is 0 Å². The Morgan fingerprint density at radius 3 is 2.48 bits per heavy atom. The molecule has 0 saturated carbocycles. The number of carbonyl (C=O) groups excluding carboxylic acids is 2. The lowest BCUT2D eigenvalue weighted by molar-refractivity contribution is -0.131. The number of benzene rings is 2. The van der Waals surface area contributed by atoms with E-state index in [0.717, 1.165) is 11.3 Å². The number of azo groups is 1. The molecule has 104 valence electrons. The van der Waals surface area contributed by atoms with Gasteiger partial charge in [0.2, 0.25) is 0 Å². The van der Waals surface area contributed by atoms with E-state index < -0.39 is 12.0 Å². The number of hydrogen-bond donors (Lipinski definition) is 0. The molecule has 3 rings (SSSR count). The van der Waals surface area contributed by atoms with E-state index in [1.165, 1.54) is 6.92 Å². The third-order valence-corrected chi connectivity index (χ3v) is 3.16. The molecule has 0 amide bonds. The van der Waals surface area contributed by atoms with Gasteiger partial charge in [-0.15, -0.1) is 0 Å². The summed E-state index contributed by atoms with van der Waals surface area (Å²) in [6, 6.07) is 13.2. The zero-order chi connectivity index (χ0) is 14.8. The maximum atomic E-state index is 12.5. The Balaban J connectivity index is 1.83. The van der Waals surface area contributed by atoms with Gasteiger partial charge in [0.1, 0.15) is 5.75 Å². The van der Waals surface area contributed by atoms with Crippen molar-refractivity contribution in [3.8, 4) is 5.75 Å². The Morgan fingerprint density at radius 1 is 1.05 bits per heavy atom. The van der Waals surface area contributed by atoms with Gasteiger partial charge in [-0.05, 0) is 30.3 Å². The summed E-state index contributed by atoms with van der Waals surface area (Å²) in [6.07, 6.45) is 0. The molecule has 0 radical (unpaired) electrons. The molecule has 5 heteroatoms. The van der Waals surface area contributed by atoms with Crippen LogP contribution in [0.5, 0.6) is 5.75 Å². The summed E-state index contributed by atoms with van der Waals surface area (Å²) in [5.74, 6) is -0.113. The minimum Gasteiger partial charge on any atom is -0.427 e. The summed E-state index contributed by atoms with van der Waals surface area (Å²) in [5.41, 5.74) is 2.05. The highest BCUT2D eigenvalue weighted by atomic mass is 16.5. The molecule has 1 aliphatic rings. The lowest BCUT2D eigenvalue weighted by Gasteiger charge is -2.08. The summed E-state index contributed by atoms with van der Waals surface area (Å²) in [5, 5.41) is 8.06.